The van der Waals surface area contributed by atoms with Gasteiger partial charge in [-0.05, 0) is 57.6 Å². The Kier molecular flexibility index (Phi) is 7.93. The molecule has 8 nitrogen and oxygen atoms in total. The van der Waals surface area contributed by atoms with Gasteiger partial charge >= 0.3 is 0 Å². The molecule has 2 heterocycles. The molecule has 9 heteroatoms. The quantitative estimate of drug-likeness (QED) is 0.277. The van der Waals surface area contributed by atoms with E-state index in [1.807, 2.05) is 73.7 Å². The molecule has 0 fully saturated rings. The molecule has 0 aliphatic carbocycles. The van der Waals surface area contributed by atoms with Crippen LogP contribution in [0.3, 0.4) is 0 Å². The van der Waals surface area contributed by atoms with Crippen LogP contribution in [0.2, 0.25) is 5.02 Å². The fourth-order valence-electron chi connectivity index (χ4n) is 4.73. The van der Waals surface area contributed by atoms with Crippen molar-refractivity contribution in [3.05, 3.63) is 122 Å². The van der Waals surface area contributed by atoms with Crippen molar-refractivity contribution in [2.75, 3.05) is 13.7 Å². The number of benzene rings is 3. The van der Waals surface area contributed by atoms with Crippen molar-refractivity contribution >= 4 is 22.5 Å². The molecule has 1 atom stereocenters. The lowest BCUT2D eigenvalue weighted by molar-refractivity contribution is 0.169. The van der Waals surface area contributed by atoms with Crippen molar-refractivity contribution in [3.63, 3.8) is 0 Å². The average molecular weight is 529 g/mol. The summed E-state index contributed by atoms with van der Waals surface area (Å²) in [5, 5.41) is 14.3. The van der Waals surface area contributed by atoms with Gasteiger partial charge in [-0.3, -0.25) is 9.69 Å². The minimum Gasteiger partial charge on any atom is -0.383 e. The Bertz CT molecular complexity index is 1570. The van der Waals surface area contributed by atoms with Gasteiger partial charge in [-0.25, -0.2) is 4.68 Å². The molecule has 2 aromatic heterocycles. The molecule has 0 bridgehead atoms. The summed E-state index contributed by atoms with van der Waals surface area (Å²) in [5.74, 6) is 0.574. The summed E-state index contributed by atoms with van der Waals surface area (Å²) in [6.45, 7) is 3.99. The number of H-pyrrole nitrogens is 1. The second-order valence-corrected chi connectivity index (χ2v) is 9.70. The van der Waals surface area contributed by atoms with Gasteiger partial charge in [0, 0.05) is 30.8 Å². The van der Waals surface area contributed by atoms with Crippen molar-refractivity contribution in [2.24, 2.45) is 0 Å². The first-order valence-corrected chi connectivity index (χ1v) is 12.8. The molecule has 1 N–H and O–H groups in total. The fraction of sp³-hybridized carbons (Fsp3) is 0.241. The molecular weight excluding hydrogens is 500 g/mol. The summed E-state index contributed by atoms with van der Waals surface area (Å²) in [6.07, 6.45) is 0. The molecule has 1 unspecified atom stereocenters. The zero-order chi connectivity index (χ0) is 26.5. The van der Waals surface area contributed by atoms with Crippen molar-refractivity contribution < 1.29 is 4.74 Å². The maximum atomic E-state index is 13.7. The molecule has 194 valence electrons. The van der Waals surface area contributed by atoms with E-state index < -0.39 is 6.04 Å². The summed E-state index contributed by atoms with van der Waals surface area (Å²) in [4.78, 5) is 19.0. The Morgan fingerprint density at radius 1 is 1.00 bits per heavy atom. The summed E-state index contributed by atoms with van der Waals surface area (Å²) in [5.41, 5.74) is 4.39. The first-order valence-electron chi connectivity index (χ1n) is 12.4. The van der Waals surface area contributed by atoms with Crippen molar-refractivity contribution in [1.29, 1.82) is 0 Å². The predicted octanol–water partition coefficient (Wildman–Crippen LogP) is 4.91. The number of ether oxygens (including phenoxy) is 1. The number of halogens is 1. The van der Waals surface area contributed by atoms with Gasteiger partial charge in [0.05, 0.1) is 18.7 Å². The number of nitrogens with one attached hydrogen (secondary N) is 1. The summed E-state index contributed by atoms with van der Waals surface area (Å²) >= 11 is 6.18. The third-order valence-electron chi connectivity index (χ3n) is 6.62. The minimum atomic E-state index is -0.536. The van der Waals surface area contributed by atoms with Gasteiger partial charge < -0.3 is 9.72 Å². The van der Waals surface area contributed by atoms with Crippen LogP contribution in [0.5, 0.6) is 0 Å². The lowest BCUT2D eigenvalue weighted by Crippen LogP contribution is -2.35. The van der Waals surface area contributed by atoms with Gasteiger partial charge in [0.25, 0.3) is 5.56 Å². The van der Waals surface area contributed by atoms with E-state index in [1.54, 1.807) is 11.8 Å². The van der Waals surface area contributed by atoms with E-state index in [0.717, 1.165) is 27.6 Å². The number of pyridine rings is 1. The van der Waals surface area contributed by atoms with Gasteiger partial charge in [-0.15, -0.1) is 5.10 Å². The van der Waals surface area contributed by atoms with Crippen LogP contribution in [-0.2, 0) is 24.4 Å². The Morgan fingerprint density at radius 2 is 1.74 bits per heavy atom. The first kappa shape index (κ1) is 25.8. The second kappa shape index (κ2) is 11.7. The van der Waals surface area contributed by atoms with Gasteiger partial charge in [0.2, 0.25) is 0 Å². The maximum Gasteiger partial charge on any atom is 0.253 e. The van der Waals surface area contributed by atoms with Gasteiger partial charge in [-0.1, -0.05) is 72.3 Å². The molecule has 0 spiro atoms. The number of hydrogen-bond acceptors (Lipinski definition) is 6. The summed E-state index contributed by atoms with van der Waals surface area (Å²) in [7, 11) is 1.64. The highest BCUT2D eigenvalue weighted by Gasteiger charge is 2.31. The molecule has 0 aliphatic rings. The van der Waals surface area contributed by atoms with E-state index in [2.05, 4.69) is 37.5 Å². The molecule has 3 aromatic carbocycles. The lowest BCUT2D eigenvalue weighted by Gasteiger charge is -2.31. The van der Waals surface area contributed by atoms with Crippen LogP contribution in [0.25, 0.3) is 10.9 Å². The monoisotopic (exact) mass is 528 g/mol. The molecule has 38 heavy (non-hydrogen) atoms. The molecule has 5 rings (SSSR count). The highest BCUT2D eigenvalue weighted by Crippen LogP contribution is 2.30. The molecule has 0 radical (unpaired) electrons. The molecule has 0 saturated carbocycles. The zero-order valence-corrected chi connectivity index (χ0v) is 22.1. The van der Waals surface area contributed by atoms with Gasteiger partial charge in [0.1, 0.15) is 6.04 Å². The number of hydrogen-bond donors (Lipinski definition) is 1. The predicted molar refractivity (Wildman–Crippen MR) is 148 cm³/mol. The Balaban J connectivity index is 1.69. The molecule has 0 aliphatic heterocycles. The second-order valence-electron chi connectivity index (χ2n) is 9.27. The van der Waals surface area contributed by atoms with Crippen LogP contribution < -0.4 is 5.56 Å². The van der Waals surface area contributed by atoms with Crippen LogP contribution in [-0.4, -0.2) is 43.8 Å². The third kappa shape index (κ3) is 5.67. The number of fused-ring (bicyclic) bond motifs is 1. The number of nitrogens with zero attached hydrogens (tertiary/aromatic N) is 5. The van der Waals surface area contributed by atoms with E-state index in [4.69, 9.17) is 16.3 Å². The number of para-hydroxylation sites is 1. The van der Waals surface area contributed by atoms with E-state index in [9.17, 15) is 4.79 Å². The van der Waals surface area contributed by atoms with Crippen molar-refractivity contribution in [2.45, 2.75) is 32.6 Å². The minimum absolute atomic E-state index is 0.174. The Morgan fingerprint density at radius 3 is 2.47 bits per heavy atom. The van der Waals surface area contributed by atoms with E-state index >= 15 is 0 Å². The third-order valence-corrected chi connectivity index (χ3v) is 6.87. The molecular formula is C29H29ClN6O2. The maximum absolute atomic E-state index is 13.7. The zero-order valence-electron chi connectivity index (χ0n) is 21.3. The average Bonchev–Trinajstić information content (AvgIpc) is 3.38. The summed E-state index contributed by atoms with van der Waals surface area (Å²) in [6, 6.07) is 25.3. The fourth-order valence-corrected chi connectivity index (χ4v) is 4.85. The number of aryl methyl sites for hydroxylation is 1. The highest BCUT2D eigenvalue weighted by atomic mass is 35.5. The largest absolute Gasteiger partial charge is 0.383 e. The van der Waals surface area contributed by atoms with Crippen molar-refractivity contribution in [1.82, 2.24) is 30.1 Å². The summed E-state index contributed by atoms with van der Waals surface area (Å²) < 4.78 is 7.02. The Labute approximate surface area is 225 Å². The first-order chi connectivity index (χ1) is 18.5. The standard InChI is InChI=1S/C29H29ClN6O2/c1-20-7-6-10-23-17-25(29(37)31-26(20)23)27(28-32-33-34-36(28)15-16-38-2)35(18-21-8-4-3-5-9-21)19-22-11-13-24(30)14-12-22/h3-14,17,27H,15-16,18-19H2,1-2H3,(H,31,37). The number of aromatic amines is 1. The molecule has 0 amide bonds. The number of rotatable bonds is 10. The van der Waals surface area contributed by atoms with E-state index in [0.29, 0.717) is 42.7 Å². The lowest BCUT2D eigenvalue weighted by atomic mass is 10.0. The van der Waals surface area contributed by atoms with Crippen LogP contribution in [0.1, 0.15) is 34.1 Å². The molecule has 5 aromatic rings. The van der Waals surface area contributed by atoms with Gasteiger partial charge in [-0.2, -0.15) is 0 Å². The normalized spacial score (nSPS) is 12.3. The molecule has 0 saturated heterocycles. The van der Waals surface area contributed by atoms with Crippen LogP contribution in [0.4, 0.5) is 0 Å². The number of tetrazole rings is 1. The van der Waals surface area contributed by atoms with E-state index in [1.165, 1.54) is 0 Å². The van der Waals surface area contributed by atoms with Crippen LogP contribution in [0.15, 0.2) is 83.7 Å². The van der Waals surface area contributed by atoms with E-state index in [-0.39, 0.29) is 5.56 Å². The Hall–Kier alpha value is -3.85. The SMILES string of the molecule is COCCn1nnnc1C(c1cc2cccc(C)c2[nH]c1=O)N(Cc1ccccc1)Cc1ccc(Cl)cc1. The topological polar surface area (TPSA) is 88.9 Å². The highest BCUT2D eigenvalue weighted by molar-refractivity contribution is 6.30. The van der Waals surface area contributed by atoms with Gasteiger partial charge in [0.15, 0.2) is 5.82 Å². The number of aromatic nitrogens is 5. The van der Waals surface area contributed by atoms with Crippen molar-refractivity contribution in [3.8, 4) is 0 Å². The smallest absolute Gasteiger partial charge is 0.253 e. The van der Waals surface area contributed by atoms with Crippen LogP contribution >= 0.6 is 11.6 Å². The van der Waals surface area contributed by atoms with Crippen LogP contribution in [0, 0.1) is 6.92 Å². The number of methoxy groups -OCH3 is 1.